The molecule has 2 heterocycles. The third-order valence-corrected chi connectivity index (χ3v) is 7.50. The highest BCUT2D eigenvalue weighted by atomic mass is 32.2. The average molecular weight is 392 g/mol. The number of hydrogen-bond donors (Lipinski definition) is 2. The van der Waals surface area contributed by atoms with E-state index in [9.17, 15) is 13.2 Å². The number of amides is 1. The third kappa shape index (κ3) is 3.98. The lowest BCUT2D eigenvalue weighted by Gasteiger charge is -2.08. The minimum atomic E-state index is -3.42. The van der Waals surface area contributed by atoms with Gasteiger partial charge in [-0.2, -0.15) is 0 Å². The van der Waals surface area contributed by atoms with Crippen LogP contribution in [0.1, 0.15) is 16.9 Å². The summed E-state index contributed by atoms with van der Waals surface area (Å²) in [6.07, 6.45) is 2.98. The molecular formula is C18H21N3O3S2. The fraction of sp³-hybridized carbons (Fsp3) is 0.278. The maximum Gasteiger partial charge on any atom is 0.252 e. The summed E-state index contributed by atoms with van der Waals surface area (Å²) in [5.74, 6) is -0.0549. The highest BCUT2D eigenvalue weighted by Crippen LogP contribution is 2.23. The van der Waals surface area contributed by atoms with Crippen molar-refractivity contribution < 1.29 is 13.2 Å². The number of para-hydroxylation sites is 1. The molecule has 0 unspecified atom stereocenters. The first-order valence-corrected chi connectivity index (χ1v) is 10.5. The molecule has 0 saturated heterocycles. The number of aromatic amines is 1. The van der Waals surface area contributed by atoms with Crippen LogP contribution in [0.3, 0.4) is 0 Å². The number of carbonyl (C=O) groups excluding carboxylic acids is 1. The fourth-order valence-corrected chi connectivity index (χ4v) is 5.10. The molecule has 0 aliphatic rings. The molecule has 1 amide bonds. The molecule has 3 rings (SSSR count). The van der Waals surface area contributed by atoms with E-state index in [0.717, 1.165) is 21.3 Å². The third-order valence-electron chi connectivity index (χ3n) is 4.13. The van der Waals surface area contributed by atoms with Gasteiger partial charge in [0.15, 0.2) is 0 Å². The molecule has 0 fully saturated rings. The molecule has 138 valence electrons. The topological polar surface area (TPSA) is 82.3 Å². The number of nitrogens with zero attached hydrogens (tertiary/aromatic N) is 1. The van der Waals surface area contributed by atoms with Crippen molar-refractivity contribution in [1.82, 2.24) is 14.6 Å². The number of rotatable bonds is 7. The molecule has 8 heteroatoms. The number of benzene rings is 1. The van der Waals surface area contributed by atoms with Gasteiger partial charge in [0.2, 0.25) is 5.91 Å². The van der Waals surface area contributed by atoms with Crippen LogP contribution in [0.2, 0.25) is 0 Å². The Hall–Kier alpha value is -2.16. The Bertz CT molecular complexity index is 1020. The average Bonchev–Trinajstić information content (AvgIpc) is 3.25. The van der Waals surface area contributed by atoms with Crippen molar-refractivity contribution in [2.45, 2.75) is 23.6 Å². The molecule has 0 atom stereocenters. The highest BCUT2D eigenvalue weighted by Gasteiger charge is 2.19. The van der Waals surface area contributed by atoms with Crippen LogP contribution in [-0.4, -0.2) is 37.7 Å². The standard InChI is InChI=1S/C18H21N3O3S2/c1-21(2)26(23,24)18-10-8-14(25-18)12-20-17(22)9-7-13-11-19-16-6-4-3-5-15(13)16/h3-6,8,10-11,19H,7,9,12H2,1-2H3,(H,20,22). The van der Waals surface area contributed by atoms with E-state index in [1.54, 1.807) is 12.1 Å². The number of aryl methyl sites for hydroxylation is 1. The first-order chi connectivity index (χ1) is 12.4. The molecular weight excluding hydrogens is 370 g/mol. The van der Waals surface area contributed by atoms with Gasteiger partial charge in [0.05, 0.1) is 6.54 Å². The van der Waals surface area contributed by atoms with Gasteiger partial charge in [-0.15, -0.1) is 11.3 Å². The van der Waals surface area contributed by atoms with Crippen LogP contribution in [0.15, 0.2) is 46.8 Å². The number of carbonyl (C=O) groups is 1. The van der Waals surface area contributed by atoms with Gasteiger partial charge in [-0.1, -0.05) is 18.2 Å². The lowest BCUT2D eigenvalue weighted by Crippen LogP contribution is -2.22. The van der Waals surface area contributed by atoms with Crippen LogP contribution in [-0.2, 0) is 27.8 Å². The van der Waals surface area contributed by atoms with Crippen molar-refractivity contribution in [2.24, 2.45) is 0 Å². The van der Waals surface area contributed by atoms with E-state index in [1.807, 2.05) is 30.5 Å². The number of aromatic nitrogens is 1. The number of nitrogens with one attached hydrogen (secondary N) is 2. The first kappa shape index (κ1) is 18.6. The second-order valence-corrected chi connectivity index (χ2v) is 9.69. The second kappa shape index (κ2) is 7.61. The molecule has 0 spiro atoms. The summed E-state index contributed by atoms with van der Waals surface area (Å²) in [6, 6.07) is 11.3. The number of fused-ring (bicyclic) bond motifs is 1. The van der Waals surface area contributed by atoms with Crippen LogP contribution in [0.25, 0.3) is 10.9 Å². The molecule has 2 aromatic heterocycles. The fourth-order valence-electron chi connectivity index (χ4n) is 2.63. The van der Waals surface area contributed by atoms with E-state index in [4.69, 9.17) is 0 Å². The highest BCUT2D eigenvalue weighted by molar-refractivity contribution is 7.91. The molecule has 26 heavy (non-hydrogen) atoms. The van der Waals surface area contributed by atoms with Gasteiger partial charge in [-0.3, -0.25) is 4.79 Å². The number of H-pyrrole nitrogens is 1. The molecule has 0 bridgehead atoms. The molecule has 3 aromatic rings. The smallest absolute Gasteiger partial charge is 0.252 e. The van der Waals surface area contributed by atoms with Crippen LogP contribution in [0.5, 0.6) is 0 Å². The maximum atomic E-state index is 12.1. The molecule has 0 aliphatic carbocycles. The Kier molecular flexibility index (Phi) is 5.45. The number of hydrogen-bond acceptors (Lipinski definition) is 4. The monoisotopic (exact) mass is 391 g/mol. The summed E-state index contributed by atoms with van der Waals surface area (Å²) in [6.45, 7) is 0.334. The number of sulfonamides is 1. The zero-order valence-corrected chi connectivity index (χ0v) is 16.3. The minimum absolute atomic E-state index is 0.0549. The lowest BCUT2D eigenvalue weighted by molar-refractivity contribution is -0.121. The van der Waals surface area contributed by atoms with Crippen LogP contribution < -0.4 is 5.32 Å². The summed E-state index contributed by atoms with van der Waals surface area (Å²) in [4.78, 5) is 16.1. The van der Waals surface area contributed by atoms with E-state index >= 15 is 0 Å². The minimum Gasteiger partial charge on any atom is -0.361 e. The van der Waals surface area contributed by atoms with Gasteiger partial charge in [-0.25, -0.2) is 12.7 Å². The predicted molar refractivity (Wildman–Crippen MR) is 104 cm³/mol. The summed E-state index contributed by atoms with van der Waals surface area (Å²) in [5, 5.41) is 3.99. The first-order valence-electron chi connectivity index (χ1n) is 8.21. The molecule has 6 nitrogen and oxygen atoms in total. The Morgan fingerprint density at radius 1 is 1.19 bits per heavy atom. The van der Waals surface area contributed by atoms with Gasteiger partial charge in [0, 0.05) is 42.5 Å². The summed E-state index contributed by atoms with van der Waals surface area (Å²) >= 11 is 1.18. The van der Waals surface area contributed by atoms with Crippen molar-refractivity contribution in [3.8, 4) is 0 Å². The SMILES string of the molecule is CN(C)S(=O)(=O)c1ccc(CNC(=O)CCc2c[nH]c3ccccc23)s1. The van der Waals surface area contributed by atoms with Gasteiger partial charge in [0.25, 0.3) is 10.0 Å². The van der Waals surface area contributed by atoms with Gasteiger partial charge >= 0.3 is 0 Å². The zero-order chi connectivity index (χ0) is 18.7. The molecule has 2 N–H and O–H groups in total. The van der Waals surface area contributed by atoms with E-state index in [0.29, 0.717) is 19.4 Å². The van der Waals surface area contributed by atoms with Gasteiger partial charge in [0.1, 0.15) is 4.21 Å². The Balaban J connectivity index is 1.54. The van der Waals surface area contributed by atoms with E-state index < -0.39 is 10.0 Å². The van der Waals surface area contributed by atoms with Crippen LogP contribution in [0.4, 0.5) is 0 Å². The molecule has 0 aliphatic heterocycles. The van der Waals surface area contributed by atoms with Crippen molar-refractivity contribution in [1.29, 1.82) is 0 Å². The number of thiophene rings is 1. The van der Waals surface area contributed by atoms with Crippen molar-refractivity contribution in [2.75, 3.05) is 14.1 Å². The van der Waals surface area contributed by atoms with Crippen LogP contribution in [0, 0.1) is 0 Å². The molecule has 0 saturated carbocycles. The van der Waals surface area contributed by atoms with Crippen LogP contribution >= 0.6 is 11.3 Å². The van der Waals surface area contributed by atoms with Crippen molar-refractivity contribution >= 4 is 38.2 Å². The second-order valence-electron chi connectivity index (χ2n) is 6.14. The lowest BCUT2D eigenvalue weighted by atomic mass is 10.1. The van der Waals surface area contributed by atoms with E-state index in [-0.39, 0.29) is 10.1 Å². The predicted octanol–water partition coefficient (Wildman–Crippen LogP) is 2.73. The van der Waals surface area contributed by atoms with E-state index in [1.165, 1.54) is 29.7 Å². The van der Waals surface area contributed by atoms with E-state index in [2.05, 4.69) is 10.3 Å². The van der Waals surface area contributed by atoms with Gasteiger partial charge in [-0.05, 0) is 30.2 Å². The van der Waals surface area contributed by atoms with Crippen molar-refractivity contribution in [3.63, 3.8) is 0 Å². The summed E-state index contributed by atoms with van der Waals surface area (Å²) in [5.41, 5.74) is 2.18. The van der Waals surface area contributed by atoms with Gasteiger partial charge < -0.3 is 10.3 Å². The Morgan fingerprint density at radius 2 is 1.96 bits per heavy atom. The summed E-state index contributed by atoms with van der Waals surface area (Å²) < 4.78 is 25.6. The zero-order valence-electron chi connectivity index (χ0n) is 14.7. The Morgan fingerprint density at radius 3 is 2.73 bits per heavy atom. The normalized spacial score (nSPS) is 12.0. The maximum absolute atomic E-state index is 12.1. The Labute approximate surface area is 156 Å². The summed E-state index contributed by atoms with van der Waals surface area (Å²) in [7, 11) is -0.417. The largest absolute Gasteiger partial charge is 0.361 e. The molecule has 0 radical (unpaired) electrons. The van der Waals surface area contributed by atoms with Crippen molar-refractivity contribution in [3.05, 3.63) is 53.0 Å². The quantitative estimate of drug-likeness (QED) is 0.650. The molecule has 1 aromatic carbocycles.